The van der Waals surface area contributed by atoms with Gasteiger partial charge in [-0.25, -0.2) is 0 Å². The molecule has 21 heavy (non-hydrogen) atoms. The third-order valence-corrected chi connectivity index (χ3v) is 4.40. The van der Waals surface area contributed by atoms with Gasteiger partial charge < -0.3 is 9.80 Å². The molecular weight excluding hydrogens is 256 g/mol. The zero-order valence-electron chi connectivity index (χ0n) is 13.0. The first-order valence-electron chi connectivity index (χ1n) is 7.60. The molecule has 1 aliphatic rings. The Bertz CT molecular complexity index is 625. The van der Waals surface area contributed by atoms with Crippen LogP contribution in [-0.4, -0.2) is 38.1 Å². The molecule has 0 N–H and O–H groups in total. The average Bonchev–Trinajstić information content (AvgIpc) is 2.51. The summed E-state index contributed by atoms with van der Waals surface area (Å²) in [4.78, 5) is 4.89. The highest BCUT2D eigenvalue weighted by Crippen LogP contribution is 2.32. The summed E-state index contributed by atoms with van der Waals surface area (Å²) in [6.07, 6.45) is 0. The van der Waals surface area contributed by atoms with E-state index in [-0.39, 0.29) is 0 Å². The lowest BCUT2D eigenvalue weighted by Gasteiger charge is -2.35. The number of hydrogen-bond donors (Lipinski definition) is 0. The molecule has 0 atom stereocenters. The van der Waals surface area contributed by atoms with Gasteiger partial charge >= 0.3 is 0 Å². The average molecular weight is 279 g/mol. The molecule has 2 aromatic carbocycles. The molecule has 0 unspecified atom stereocenters. The Morgan fingerprint density at radius 1 is 0.952 bits per heavy atom. The molecule has 0 bridgehead atoms. The van der Waals surface area contributed by atoms with E-state index in [0.29, 0.717) is 0 Å². The molecule has 1 saturated heterocycles. The number of piperazine rings is 1. The molecule has 2 heteroatoms. The fourth-order valence-electron chi connectivity index (χ4n) is 2.90. The van der Waals surface area contributed by atoms with Crippen LogP contribution in [0.5, 0.6) is 0 Å². The predicted octanol–water partition coefficient (Wildman–Crippen LogP) is 3.60. The van der Waals surface area contributed by atoms with Crippen LogP contribution in [-0.2, 0) is 0 Å². The van der Waals surface area contributed by atoms with Gasteiger partial charge in [0.1, 0.15) is 0 Å². The summed E-state index contributed by atoms with van der Waals surface area (Å²) in [5.41, 5.74) is 6.32. The van der Waals surface area contributed by atoms with Gasteiger partial charge in [0, 0.05) is 37.4 Å². The molecule has 1 fully saturated rings. The Balaban J connectivity index is 1.97. The number of rotatable bonds is 2. The maximum absolute atomic E-state index is 4.06. The van der Waals surface area contributed by atoms with E-state index in [1.54, 1.807) is 0 Å². The molecule has 0 amide bonds. The van der Waals surface area contributed by atoms with E-state index < -0.39 is 0 Å². The topological polar surface area (TPSA) is 6.48 Å². The summed E-state index contributed by atoms with van der Waals surface area (Å²) in [7, 11) is 2.19. The fraction of sp³-hybridized carbons (Fsp3) is 0.316. The van der Waals surface area contributed by atoms with Gasteiger partial charge in [0.15, 0.2) is 0 Å². The minimum Gasteiger partial charge on any atom is -0.368 e. The molecule has 0 spiro atoms. The Labute approximate surface area is 128 Å². The van der Waals surface area contributed by atoms with Gasteiger partial charge in [-0.05, 0) is 43.7 Å². The third kappa shape index (κ3) is 2.96. The SMILES string of the molecule is [CH2]c1ccc(-c2ccccc2N2CCN(C)CC2)cc1C. The van der Waals surface area contributed by atoms with Crippen molar-refractivity contribution in [3.05, 3.63) is 60.5 Å². The van der Waals surface area contributed by atoms with E-state index in [1.165, 1.54) is 22.4 Å². The Morgan fingerprint density at radius 3 is 2.38 bits per heavy atom. The van der Waals surface area contributed by atoms with Crippen LogP contribution in [0.4, 0.5) is 5.69 Å². The summed E-state index contributed by atoms with van der Waals surface area (Å²) in [5, 5.41) is 0. The lowest BCUT2D eigenvalue weighted by Crippen LogP contribution is -2.44. The van der Waals surface area contributed by atoms with Crippen LogP contribution < -0.4 is 4.90 Å². The van der Waals surface area contributed by atoms with Gasteiger partial charge in [-0.15, -0.1) is 0 Å². The Hall–Kier alpha value is -1.80. The van der Waals surface area contributed by atoms with Crippen molar-refractivity contribution in [2.45, 2.75) is 6.92 Å². The van der Waals surface area contributed by atoms with E-state index in [9.17, 15) is 0 Å². The molecular formula is C19H23N2. The van der Waals surface area contributed by atoms with Gasteiger partial charge in [-0.2, -0.15) is 0 Å². The standard InChI is InChI=1S/C19H23N2/c1-15-8-9-17(14-16(15)2)18-6-4-5-7-19(18)21-12-10-20(3)11-13-21/h4-9,14H,1,10-13H2,2-3H3. The number of hydrogen-bond acceptors (Lipinski definition) is 2. The summed E-state index contributed by atoms with van der Waals surface area (Å²) < 4.78 is 0. The maximum atomic E-state index is 4.06. The van der Waals surface area contributed by atoms with Crippen molar-refractivity contribution in [2.24, 2.45) is 0 Å². The van der Waals surface area contributed by atoms with Gasteiger partial charge in [0.05, 0.1) is 0 Å². The van der Waals surface area contributed by atoms with Crippen molar-refractivity contribution in [2.75, 3.05) is 38.1 Å². The highest BCUT2D eigenvalue weighted by Gasteiger charge is 2.17. The van der Waals surface area contributed by atoms with Crippen molar-refractivity contribution in [3.8, 4) is 11.1 Å². The first kappa shape index (κ1) is 14.2. The Morgan fingerprint density at radius 2 is 1.67 bits per heavy atom. The number of nitrogens with zero attached hydrogens (tertiary/aromatic N) is 2. The number of aryl methyl sites for hydroxylation is 1. The zero-order chi connectivity index (χ0) is 14.8. The predicted molar refractivity (Wildman–Crippen MR) is 90.8 cm³/mol. The second-order valence-corrected chi connectivity index (χ2v) is 5.95. The summed E-state index contributed by atoms with van der Waals surface area (Å²) in [6.45, 7) is 10.6. The van der Waals surface area contributed by atoms with Gasteiger partial charge in [-0.3, -0.25) is 0 Å². The first-order chi connectivity index (χ1) is 10.1. The van der Waals surface area contributed by atoms with Crippen LogP contribution in [0, 0.1) is 13.8 Å². The van der Waals surface area contributed by atoms with Crippen LogP contribution >= 0.6 is 0 Å². The van der Waals surface area contributed by atoms with Crippen LogP contribution in [0.1, 0.15) is 11.1 Å². The lowest BCUT2D eigenvalue weighted by molar-refractivity contribution is 0.313. The quantitative estimate of drug-likeness (QED) is 0.829. The minimum absolute atomic E-state index is 1.10. The third-order valence-electron chi connectivity index (χ3n) is 4.40. The molecule has 1 aliphatic heterocycles. The van der Waals surface area contributed by atoms with Crippen molar-refractivity contribution in [3.63, 3.8) is 0 Å². The highest BCUT2D eigenvalue weighted by atomic mass is 15.2. The monoisotopic (exact) mass is 279 g/mol. The van der Waals surface area contributed by atoms with Crippen molar-refractivity contribution >= 4 is 5.69 Å². The smallest absolute Gasteiger partial charge is 0.0446 e. The molecule has 0 aliphatic carbocycles. The van der Waals surface area contributed by atoms with Crippen LogP contribution in [0.15, 0.2) is 42.5 Å². The summed E-state index contributed by atoms with van der Waals surface area (Å²) in [5.74, 6) is 0. The van der Waals surface area contributed by atoms with Gasteiger partial charge in [-0.1, -0.05) is 36.4 Å². The largest absolute Gasteiger partial charge is 0.368 e. The molecule has 1 heterocycles. The summed E-state index contributed by atoms with van der Waals surface area (Å²) in [6, 6.07) is 15.3. The van der Waals surface area contributed by atoms with E-state index in [2.05, 4.69) is 73.2 Å². The van der Waals surface area contributed by atoms with Crippen LogP contribution in [0.25, 0.3) is 11.1 Å². The lowest BCUT2D eigenvalue weighted by atomic mass is 9.98. The minimum atomic E-state index is 1.10. The summed E-state index contributed by atoms with van der Waals surface area (Å²) >= 11 is 0. The van der Waals surface area contributed by atoms with E-state index in [4.69, 9.17) is 0 Å². The molecule has 0 saturated carbocycles. The molecule has 1 radical (unpaired) electrons. The number of anilines is 1. The second-order valence-electron chi connectivity index (χ2n) is 5.95. The zero-order valence-corrected chi connectivity index (χ0v) is 13.0. The second kappa shape index (κ2) is 5.90. The molecule has 2 aromatic rings. The van der Waals surface area contributed by atoms with Crippen LogP contribution in [0.2, 0.25) is 0 Å². The maximum Gasteiger partial charge on any atom is 0.0446 e. The number of likely N-dealkylation sites (N-methyl/N-ethyl adjacent to an activating group) is 1. The molecule has 2 nitrogen and oxygen atoms in total. The van der Waals surface area contributed by atoms with Crippen LogP contribution in [0.3, 0.4) is 0 Å². The van der Waals surface area contributed by atoms with E-state index in [0.717, 1.165) is 31.7 Å². The van der Waals surface area contributed by atoms with Crippen molar-refractivity contribution in [1.29, 1.82) is 0 Å². The molecule has 3 rings (SSSR count). The van der Waals surface area contributed by atoms with Gasteiger partial charge in [0.25, 0.3) is 0 Å². The highest BCUT2D eigenvalue weighted by molar-refractivity contribution is 5.79. The number of para-hydroxylation sites is 1. The molecule has 0 aromatic heterocycles. The van der Waals surface area contributed by atoms with Crippen molar-refractivity contribution in [1.82, 2.24) is 4.90 Å². The Kier molecular flexibility index (Phi) is 3.98. The van der Waals surface area contributed by atoms with E-state index in [1.807, 2.05) is 0 Å². The van der Waals surface area contributed by atoms with Crippen molar-refractivity contribution < 1.29 is 0 Å². The molecule has 109 valence electrons. The normalized spacial score (nSPS) is 16.2. The fourth-order valence-corrected chi connectivity index (χ4v) is 2.90. The van der Waals surface area contributed by atoms with E-state index >= 15 is 0 Å². The number of benzene rings is 2. The van der Waals surface area contributed by atoms with Gasteiger partial charge in [0.2, 0.25) is 0 Å². The first-order valence-corrected chi connectivity index (χ1v) is 7.60.